The minimum absolute atomic E-state index is 0.0401. The van der Waals surface area contributed by atoms with Gasteiger partial charge in [0.05, 0.1) is 0 Å². The summed E-state index contributed by atoms with van der Waals surface area (Å²) in [5.41, 5.74) is 0.802. The largest absolute Gasteiger partial charge is 0.481 e. The molecule has 0 fully saturated rings. The Balaban J connectivity index is 0.982. The third-order valence-corrected chi connectivity index (χ3v) is 22.2. The number of hydrogen-bond acceptors (Lipinski definition) is 11. The van der Waals surface area contributed by atoms with Crippen LogP contribution in [0, 0.1) is 0 Å². The number of carboxylic acids is 1. The van der Waals surface area contributed by atoms with Gasteiger partial charge in [0.15, 0.2) is 26.4 Å². The number of fused-ring (bicyclic) bond motifs is 14. The first kappa shape index (κ1) is 85.3. The summed E-state index contributed by atoms with van der Waals surface area (Å²) in [5.74, 6) is -5.89. The lowest BCUT2D eigenvalue weighted by molar-refractivity contribution is -0.224. The van der Waals surface area contributed by atoms with Gasteiger partial charge in [-0.25, -0.2) is 19.2 Å². The van der Waals surface area contributed by atoms with E-state index >= 15 is 44.3 Å². The summed E-state index contributed by atoms with van der Waals surface area (Å²) in [7, 11) is 0. The fourth-order valence-corrected chi connectivity index (χ4v) is 16.2. The van der Waals surface area contributed by atoms with E-state index < -0.39 is 109 Å². The van der Waals surface area contributed by atoms with Crippen LogP contribution in [0.1, 0.15) is 185 Å². The number of alkyl halides is 9. The Hall–Kier alpha value is -12.1. The molecule has 121 heavy (non-hydrogen) atoms. The van der Waals surface area contributed by atoms with Gasteiger partial charge in [-0.1, -0.05) is 277 Å². The highest BCUT2D eigenvalue weighted by molar-refractivity contribution is 6.05. The van der Waals surface area contributed by atoms with E-state index in [1.807, 2.05) is 95.2 Å². The summed E-state index contributed by atoms with van der Waals surface area (Å²) in [6, 6.07) is 58.1. The molecule has 13 aromatic carbocycles. The van der Waals surface area contributed by atoms with E-state index in [1.54, 1.807) is 164 Å². The third kappa shape index (κ3) is 18.5. The Morgan fingerprint density at radius 1 is 0.281 bits per heavy atom. The molecule has 13 aromatic rings. The molecular formula is C100H91F9O12. The van der Waals surface area contributed by atoms with Crippen molar-refractivity contribution < 1.29 is 97.0 Å². The van der Waals surface area contributed by atoms with E-state index in [0.717, 1.165) is 0 Å². The first-order chi connectivity index (χ1) is 56.9. The van der Waals surface area contributed by atoms with Crippen LogP contribution in [0.15, 0.2) is 212 Å². The van der Waals surface area contributed by atoms with Gasteiger partial charge in [-0.2, -0.15) is 39.5 Å². The van der Waals surface area contributed by atoms with Crippen LogP contribution in [0.5, 0.6) is 23.0 Å². The fourth-order valence-electron chi connectivity index (χ4n) is 16.2. The predicted octanol–water partition coefficient (Wildman–Crippen LogP) is 24.6. The van der Waals surface area contributed by atoms with E-state index in [4.69, 9.17) is 33.2 Å². The predicted molar refractivity (Wildman–Crippen MR) is 450 cm³/mol. The van der Waals surface area contributed by atoms with Crippen molar-refractivity contribution in [1.29, 1.82) is 0 Å². The highest BCUT2D eigenvalue weighted by Crippen LogP contribution is 2.50. The van der Waals surface area contributed by atoms with Gasteiger partial charge in [0.2, 0.25) is 18.3 Å². The minimum Gasteiger partial charge on any atom is -0.481 e. The molecule has 0 aliphatic heterocycles. The third-order valence-electron chi connectivity index (χ3n) is 22.2. The van der Waals surface area contributed by atoms with Crippen LogP contribution in [0.3, 0.4) is 0 Å². The molecule has 0 aromatic heterocycles. The lowest BCUT2D eigenvalue weighted by atomic mass is 9.79. The topological polar surface area (TPSA) is 153 Å². The number of aliphatic carboxylic acids is 1. The van der Waals surface area contributed by atoms with Gasteiger partial charge in [0.25, 0.3) is 0 Å². The van der Waals surface area contributed by atoms with Crippen molar-refractivity contribution in [3.8, 4) is 23.0 Å². The number of rotatable bonds is 18. The second kappa shape index (κ2) is 32.8. The molecule has 3 unspecified atom stereocenters. The zero-order valence-corrected chi connectivity index (χ0v) is 68.9. The molecule has 0 saturated heterocycles. The molecule has 1 N–H and O–H groups in total. The number of carboxylic acid groups (broad SMARTS) is 1. The van der Waals surface area contributed by atoms with E-state index in [1.165, 1.54) is 36.4 Å². The van der Waals surface area contributed by atoms with Gasteiger partial charge in [-0.15, -0.1) is 0 Å². The van der Waals surface area contributed by atoms with Crippen molar-refractivity contribution in [2.45, 2.75) is 167 Å². The number of ether oxygens (including phenoxy) is 7. The zero-order chi connectivity index (χ0) is 86.8. The highest BCUT2D eigenvalue weighted by Gasteiger charge is 2.49. The highest BCUT2D eigenvalue weighted by atomic mass is 19.4. The Morgan fingerprint density at radius 2 is 0.455 bits per heavy atom. The van der Waals surface area contributed by atoms with Crippen LogP contribution in [-0.4, -0.2) is 73.9 Å². The van der Waals surface area contributed by atoms with Crippen molar-refractivity contribution in [2.75, 3.05) is 26.4 Å². The first-order valence-electron chi connectivity index (χ1n) is 39.8. The monoisotopic (exact) mass is 1650 g/mol. The van der Waals surface area contributed by atoms with Crippen molar-refractivity contribution in [1.82, 2.24) is 0 Å². The summed E-state index contributed by atoms with van der Waals surface area (Å²) >= 11 is 0. The van der Waals surface area contributed by atoms with E-state index in [2.05, 4.69) is 0 Å². The number of benzene rings is 13. The van der Waals surface area contributed by atoms with E-state index in [9.17, 15) is 19.5 Å². The van der Waals surface area contributed by atoms with Crippen molar-refractivity contribution in [3.63, 3.8) is 0 Å². The number of carbonyl (C=O) groups is 4. The number of esters is 3. The quantitative estimate of drug-likeness (QED) is 0.0376. The number of halogens is 9. The van der Waals surface area contributed by atoms with Crippen molar-refractivity contribution in [2.24, 2.45) is 0 Å². The summed E-state index contributed by atoms with van der Waals surface area (Å²) in [6.07, 6.45) is -25.2. The molecule has 8 bridgehead atoms. The van der Waals surface area contributed by atoms with E-state index in [0.29, 0.717) is 65.7 Å². The fraction of sp³-hybridized carbons (Fsp3) is 0.300. The Bertz CT molecular complexity index is 5800. The average Bonchev–Trinajstić information content (AvgIpc) is 0.763. The molecule has 0 saturated carbocycles. The molecule has 1 aliphatic carbocycles. The summed E-state index contributed by atoms with van der Waals surface area (Å²) in [6.45, 7) is 18.8. The molecule has 0 amide bonds. The van der Waals surface area contributed by atoms with Crippen LogP contribution in [0.4, 0.5) is 39.5 Å². The number of hydrogen-bond donors (Lipinski definition) is 1. The maximum Gasteiger partial charge on any atom is 0.429 e. The number of carbonyl (C=O) groups excluding carboxylic acids is 3. The van der Waals surface area contributed by atoms with Crippen LogP contribution in [0.2, 0.25) is 0 Å². The van der Waals surface area contributed by atoms with Gasteiger partial charge in [-0.05, 0) is 171 Å². The summed E-state index contributed by atoms with van der Waals surface area (Å²) < 4.78 is 189. The molecule has 626 valence electrons. The molecule has 0 heterocycles. The Morgan fingerprint density at radius 3 is 0.620 bits per heavy atom. The van der Waals surface area contributed by atoms with Crippen LogP contribution < -0.4 is 18.9 Å². The molecule has 0 radical (unpaired) electrons. The normalized spacial score (nSPS) is 13.9. The van der Waals surface area contributed by atoms with E-state index in [-0.39, 0.29) is 131 Å². The standard InChI is InChI=1S/C100H91F9O12/c1-94(2,3)70-44-62-40-64-46-71(95(4,5)6)48-66(88(64)116-53-81(112)119-91(98(101,102)103)84-74-31-19-13-25-56(74)37-57-26-14-20-32-75(57)84)42-68-50-73(97(10,11)12)51-69(90(68)118-55-83(114)121-93(100(107,108)109)86-78-35-23-17-29-60(78)39-61-30-18-24-36-79(61)86)43-67-49-72(96(7,8)9)47-65(41-63(45-70)87(62)115-52-80(110)111)89(67)117-54-82(113)120-92(99(104,105)106)85-76-33-21-15-27-58(76)38-59-28-16-22-34-77(59)85/h13-39,44-51,91-93H,40-43,52-55H2,1-12H3,(H,110,111). The molecule has 0 spiro atoms. The maximum absolute atomic E-state index is 16.1. The summed E-state index contributed by atoms with van der Waals surface area (Å²) in [5, 5.41) is 14.3. The van der Waals surface area contributed by atoms with Gasteiger partial charge >= 0.3 is 42.4 Å². The van der Waals surface area contributed by atoms with Crippen LogP contribution in [0.25, 0.3) is 64.6 Å². The SMILES string of the molecule is CC(C)(C)c1cc2c(OCC(=O)O)c(c1)Cc1cc(C(C)(C)C)cc(c1OCC(=O)OC(c1c3ccccc3cc3ccccc13)C(F)(F)F)Cc1cc(C(C)(C)C)cc(c1OCC(=O)OC(c1c3ccccc3cc3ccccc13)C(F)(F)F)Cc1cc(C(C)(C)C)cc(c1OCC(=O)OC(c1c3ccccc3cc3ccccc13)C(F)(F)F)C2. The van der Waals surface area contributed by atoms with Crippen molar-refractivity contribution >= 4 is 88.5 Å². The van der Waals surface area contributed by atoms with Gasteiger partial charge < -0.3 is 38.3 Å². The maximum atomic E-state index is 16.1. The minimum atomic E-state index is -5.22. The Labute approximate surface area is 694 Å². The van der Waals surface area contributed by atoms with Crippen LogP contribution >= 0.6 is 0 Å². The molecule has 1 aliphatic rings. The lowest BCUT2D eigenvalue weighted by Crippen LogP contribution is -2.29. The molecule has 21 heteroatoms. The first-order valence-corrected chi connectivity index (χ1v) is 39.8. The Kier molecular flexibility index (Phi) is 23.1. The second-order valence-electron chi connectivity index (χ2n) is 35.2. The molecular weight excluding hydrogens is 1560 g/mol. The summed E-state index contributed by atoms with van der Waals surface area (Å²) in [4.78, 5) is 57.9. The molecule has 14 rings (SSSR count). The zero-order valence-electron chi connectivity index (χ0n) is 68.9. The van der Waals surface area contributed by atoms with Crippen molar-refractivity contribution in [3.05, 3.63) is 296 Å². The average molecular weight is 1660 g/mol. The molecule has 12 nitrogen and oxygen atoms in total. The lowest BCUT2D eigenvalue weighted by Gasteiger charge is -2.29. The van der Waals surface area contributed by atoms with Gasteiger partial charge in [-0.3, -0.25) is 0 Å². The van der Waals surface area contributed by atoms with Crippen LogP contribution in [-0.2, 0) is 80.7 Å². The van der Waals surface area contributed by atoms with Gasteiger partial charge in [0, 0.05) is 42.4 Å². The second-order valence-corrected chi connectivity index (χ2v) is 35.2. The van der Waals surface area contributed by atoms with Gasteiger partial charge in [0.1, 0.15) is 23.0 Å². The molecule has 3 atom stereocenters. The smallest absolute Gasteiger partial charge is 0.429 e.